The van der Waals surface area contributed by atoms with Gasteiger partial charge in [-0.1, -0.05) is 50.3 Å². The average molecular weight is 464 g/mol. The van der Waals surface area contributed by atoms with Crippen LogP contribution in [0.3, 0.4) is 0 Å². The Morgan fingerprint density at radius 3 is 2.48 bits per heavy atom. The molecular weight excluding hydrogens is 434 g/mol. The van der Waals surface area contributed by atoms with Crippen molar-refractivity contribution in [2.24, 2.45) is 0 Å². The lowest BCUT2D eigenvalue weighted by Crippen LogP contribution is -2.33. The molecular formula is C26H29N3O3S. The molecule has 1 aliphatic heterocycles. The quantitative estimate of drug-likeness (QED) is 0.523. The third kappa shape index (κ3) is 4.79. The normalized spacial score (nSPS) is 14.9. The predicted molar refractivity (Wildman–Crippen MR) is 133 cm³/mol. The molecule has 7 heteroatoms. The number of nitrogens with zero attached hydrogens (tertiary/aromatic N) is 2. The smallest absolute Gasteiger partial charge is 0.246 e. The van der Waals surface area contributed by atoms with E-state index >= 15 is 0 Å². The summed E-state index contributed by atoms with van der Waals surface area (Å²) in [6.45, 7) is 5.74. The van der Waals surface area contributed by atoms with Crippen LogP contribution in [-0.2, 0) is 14.8 Å². The molecule has 0 saturated heterocycles. The Morgan fingerprint density at radius 2 is 1.82 bits per heavy atom. The third-order valence-electron chi connectivity index (χ3n) is 6.10. The van der Waals surface area contributed by atoms with E-state index in [4.69, 9.17) is 0 Å². The lowest BCUT2D eigenvalue weighted by molar-refractivity contribution is -0.125. The van der Waals surface area contributed by atoms with E-state index in [1.807, 2.05) is 37.1 Å². The van der Waals surface area contributed by atoms with Crippen LogP contribution in [0.25, 0.3) is 22.6 Å². The Labute approximate surface area is 195 Å². The number of carbonyl (C=O) groups excluding carboxylic acids is 1. The van der Waals surface area contributed by atoms with Gasteiger partial charge in [0.1, 0.15) is 0 Å². The van der Waals surface area contributed by atoms with Crippen LogP contribution >= 0.6 is 0 Å². The molecule has 1 N–H and O–H groups in total. The minimum atomic E-state index is -3.48. The molecule has 2 aromatic carbocycles. The van der Waals surface area contributed by atoms with E-state index in [-0.39, 0.29) is 10.8 Å². The van der Waals surface area contributed by atoms with Gasteiger partial charge in [0.05, 0.1) is 4.90 Å². The Hall–Kier alpha value is -3.16. The number of carbonyl (C=O) groups is 1. The van der Waals surface area contributed by atoms with E-state index in [0.29, 0.717) is 26.2 Å². The zero-order valence-corrected chi connectivity index (χ0v) is 19.8. The number of hydrogen-bond acceptors (Lipinski definition) is 3. The van der Waals surface area contributed by atoms with Gasteiger partial charge in [-0.05, 0) is 41.8 Å². The number of sulfonamides is 1. The molecule has 33 heavy (non-hydrogen) atoms. The summed E-state index contributed by atoms with van der Waals surface area (Å²) < 4.78 is 26.6. The molecule has 4 rings (SSSR count). The van der Waals surface area contributed by atoms with Crippen LogP contribution in [0.1, 0.15) is 31.4 Å². The molecule has 0 atom stereocenters. The van der Waals surface area contributed by atoms with E-state index in [1.165, 1.54) is 20.8 Å². The molecule has 1 aliphatic rings. The molecule has 0 spiro atoms. The maximum absolute atomic E-state index is 12.7. The van der Waals surface area contributed by atoms with Gasteiger partial charge in [-0.3, -0.25) is 4.79 Å². The molecule has 1 aromatic heterocycles. The largest absolute Gasteiger partial charge is 0.361 e. The first-order valence-corrected chi connectivity index (χ1v) is 12.7. The van der Waals surface area contributed by atoms with Gasteiger partial charge in [0.25, 0.3) is 0 Å². The molecule has 0 saturated carbocycles. The Morgan fingerprint density at radius 1 is 1.09 bits per heavy atom. The fourth-order valence-corrected chi connectivity index (χ4v) is 5.65. The maximum atomic E-state index is 12.7. The zero-order valence-electron chi connectivity index (χ0n) is 19.0. The van der Waals surface area contributed by atoms with Crippen LogP contribution in [0.15, 0.2) is 71.8 Å². The number of para-hydroxylation sites is 1. The Bertz CT molecular complexity index is 1300. The molecule has 0 radical (unpaired) electrons. The summed E-state index contributed by atoms with van der Waals surface area (Å²) in [7, 11) is -3.48. The average Bonchev–Trinajstić information content (AvgIpc) is 3.28. The summed E-state index contributed by atoms with van der Waals surface area (Å²) in [6, 6.07) is 14.9. The van der Waals surface area contributed by atoms with Gasteiger partial charge in [0.15, 0.2) is 0 Å². The molecule has 0 bridgehead atoms. The number of aromatic nitrogens is 1. The molecule has 172 valence electrons. The van der Waals surface area contributed by atoms with Gasteiger partial charge >= 0.3 is 0 Å². The number of aromatic amines is 1. The van der Waals surface area contributed by atoms with Crippen molar-refractivity contribution in [2.45, 2.75) is 25.2 Å². The van der Waals surface area contributed by atoms with Crippen LogP contribution in [0, 0.1) is 0 Å². The fraction of sp³-hybridized carbons (Fsp3) is 0.269. The van der Waals surface area contributed by atoms with Gasteiger partial charge in [-0.2, -0.15) is 4.31 Å². The van der Waals surface area contributed by atoms with Gasteiger partial charge in [0.2, 0.25) is 15.9 Å². The first kappa shape index (κ1) is 23.0. The highest BCUT2D eigenvalue weighted by molar-refractivity contribution is 7.89. The summed E-state index contributed by atoms with van der Waals surface area (Å²) in [5.74, 6) is -0.0518. The van der Waals surface area contributed by atoms with Crippen LogP contribution in [0.5, 0.6) is 0 Å². The van der Waals surface area contributed by atoms with Gasteiger partial charge in [0, 0.05) is 54.9 Å². The topological polar surface area (TPSA) is 73.5 Å². The summed E-state index contributed by atoms with van der Waals surface area (Å²) in [6.07, 6.45) is 8.25. The van der Waals surface area contributed by atoms with Gasteiger partial charge in [-0.25, -0.2) is 8.42 Å². The van der Waals surface area contributed by atoms with Crippen molar-refractivity contribution in [3.8, 4) is 0 Å². The van der Waals surface area contributed by atoms with Crippen molar-refractivity contribution in [3.63, 3.8) is 0 Å². The van der Waals surface area contributed by atoms with Crippen LogP contribution in [0.2, 0.25) is 0 Å². The third-order valence-corrected chi connectivity index (χ3v) is 8.16. The number of benzene rings is 2. The van der Waals surface area contributed by atoms with Crippen molar-refractivity contribution in [1.82, 2.24) is 14.2 Å². The summed E-state index contributed by atoms with van der Waals surface area (Å²) in [5.41, 5.74) is 4.36. The molecule has 0 aliphatic carbocycles. The monoisotopic (exact) mass is 463 g/mol. The summed E-state index contributed by atoms with van der Waals surface area (Å²) >= 11 is 0. The minimum absolute atomic E-state index is 0.0518. The standard InChI is InChI=1S/C26H29N3O3S/c1-3-29(4-2)33(31,32)22-12-9-20(10-13-22)11-14-26(30)28-17-15-21(16-18-28)24-19-27-25-8-6-5-7-23(24)25/h5-15,19,27H,3-4,16-18H2,1-2H3/b14-11+. The van der Waals surface area contributed by atoms with E-state index in [9.17, 15) is 13.2 Å². The number of rotatable bonds is 7. The van der Waals surface area contributed by atoms with Crippen molar-refractivity contribution >= 4 is 38.5 Å². The Balaban J connectivity index is 1.40. The number of amides is 1. The predicted octanol–water partition coefficient (Wildman–Crippen LogP) is 4.53. The second-order valence-electron chi connectivity index (χ2n) is 8.00. The molecule has 1 amide bonds. The van der Waals surface area contributed by atoms with Crippen molar-refractivity contribution in [1.29, 1.82) is 0 Å². The van der Waals surface area contributed by atoms with E-state index in [1.54, 1.807) is 36.4 Å². The molecule has 0 unspecified atom stereocenters. The molecule has 2 heterocycles. The molecule has 0 fully saturated rings. The highest BCUT2D eigenvalue weighted by Crippen LogP contribution is 2.29. The van der Waals surface area contributed by atoms with E-state index in [0.717, 1.165) is 17.5 Å². The zero-order chi connectivity index (χ0) is 23.4. The van der Waals surface area contributed by atoms with Crippen LogP contribution in [0.4, 0.5) is 0 Å². The Kier molecular flexibility index (Phi) is 6.81. The lowest BCUT2D eigenvalue weighted by atomic mass is 9.99. The highest BCUT2D eigenvalue weighted by atomic mass is 32.2. The van der Waals surface area contributed by atoms with Crippen molar-refractivity contribution in [3.05, 3.63) is 78.0 Å². The SMILES string of the molecule is CCN(CC)S(=O)(=O)c1ccc(/C=C/C(=O)N2CC=C(c3c[nH]c4ccccc34)CC2)cc1. The fourth-order valence-electron chi connectivity index (χ4n) is 4.19. The summed E-state index contributed by atoms with van der Waals surface area (Å²) in [4.78, 5) is 18.1. The number of hydrogen-bond donors (Lipinski definition) is 1. The molecule has 3 aromatic rings. The van der Waals surface area contributed by atoms with Gasteiger partial charge < -0.3 is 9.88 Å². The van der Waals surface area contributed by atoms with Crippen LogP contribution < -0.4 is 0 Å². The molecule has 6 nitrogen and oxygen atoms in total. The minimum Gasteiger partial charge on any atom is -0.361 e. The number of fused-ring (bicyclic) bond motifs is 1. The number of nitrogens with one attached hydrogen (secondary N) is 1. The highest BCUT2D eigenvalue weighted by Gasteiger charge is 2.21. The van der Waals surface area contributed by atoms with Crippen LogP contribution in [-0.4, -0.2) is 54.7 Å². The van der Waals surface area contributed by atoms with E-state index < -0.39 is 10.0 Å². The first-order chi connectivity index (χ1) is 15.9. The first-order valence-electron chi connectivity index (χ1n) is 11.3. The summed E-state index contributed by atoms with van der Waals surface area (Å²) in [5, 5.41) is 1.20. The second-order valence-corrected chi connectivity index (χ2v) is 9.94. The number of H-pyrrole nitrogens is 1. The van der Waals surface area contributed by atoms with Crippen molar-refractivity contribution < 1.29 is 13.2 Å². The second kappa shape index (κ2) is 9.77. The van der Waals surface area contributed by atoms with Gasteiger partial charge in [-0.15, -0.1) is 0 Å². The van der Waals surface area contributed by atoms with Crippen molar-refractivity contribution in [2.75, 3.05) is 26.2 Å². The lowest BCUT2D eigenvalue weighted by Gasteiger charge is -2.25. The van der Waals surface area contributed by atoms with E-state index in [2.05, 4.69) is 23.2 Å². The maximum Gasteiger partial charge on any atom is 0.246 e.